The third kappa shape index (κ3) is 4.69. The lowest BCUT2D eigenvalue weighted by atomic mass is 10.0. The quantitative estimate of drug-likeness (QED) is 0.487. The number of nitrogens with one attached hydrogen (secondary N) is 1. The minimum atomic E-state index is -1.06. The normalized spacial score (nSPS) is 11.6. The molecular weight excluding hydrogens is 348 g/mol. The van der Waals surface area contributed by atoms with Crippen molar-refractivity contribution < 1.29 is 19.2 Å². The predicted molar refractivity (Wildman–Crippen MR) is 102 cm³/mol. The molecule has 1 amide bonds. The van der Waals surface area contributed by atoms with Crippen LogP contribution in [0.3, 0.4) is 0 Å². The van der Waals surface area contributed by atoms with Crippen molar-refractivity contribution in [2.45, 2.75) is 40.7 Å². The van der Waals surface area contributed by atoms with E-state index in [2.05, 4.69) is 5.32 Å². The number of rotatable bonds is 5. The molecule has 0 aliphatic carbocycles. The van der Waals surface area contributed by atoms with E-state index >= 15 is 0 Å². The molecule has 27 heavy (non-hydrogen) atoms. The second-order valence-electron chi connectivity index (χ2n) is 6.57. The number of esters is 1. The van der Waals surface area contributed by atoms with Crippen LogP contribution in [0.5, 0.6) is 0 Å². The molecule has 2 rings (SSSR count). The molecule has 2 aromatic carbocycles. The van der Waals surface area contributed by atoms with Crippen molar-refractivity contribution in [2.24, 2.45) is 0 Å². The minimum absolute atomic E-state index is 0.0228. The Morgan fingerprint density at radius 3 is 2.19 bits per heavy atom. The van der Waals surface area contributed by atoms with E-state index in [0.29, 0.717) is 11.3 Å². The number of hydrogen-bond acceptors (Lipinski definition) is 5. The lowest BCUT2D eigenvalue weighted by Crippen LogP contribution is -2.30. The smallest absolute Gasteiger partial charge is 0.339 e. The van der Waals surface area contributed by atoms with Crippen molar-refractivity contribution in [3.63, 3.8) is 0 Å². The van der Waals surface area contributed by atoms with Gasteiger partial charge in [0.15, 0.2) is 6.10 Å². The summed E-state index contributed by atoms with van der Waals surface area (Å²) in [7, 11) is 0. The fraction of sp³-hybridized carbons (Fsp3) is 0.300. The van der Waals surface area contributed by atoms with Crippen LogP contribution in [0.2, 0.25) is 0 Å². The third-order valence-electron chi connectivity index (χ3n) is 4.22. The lowest BCUT2D eigenvalue weighted by molar-refractivity contribution is -0.385. The zero-order valence-corrected chi connectivity index (χ0v) is 16.0. The number of benzene rings is 2. The van der Waals surface area contributed by atoms with Gasteiger partial charge >= 0.3 is 5.97 Å². The molecule has 0 aliphatic rings. The molecule has 0 unspecified atom stereocenters. The summed E-state index contributed by atoms with van der Waals surface area (Å²) in [6, 6.07) is 7.95. The summed E-state index contributed by atoms with van der Waals surface area (Å²) in [5.74, 6) is -1.27. The van der Waals surface area contributed by atoms with E-state index < -0.39 is 22.9 Å². The van der Waals surface area contributed by atoms with E-state index in [4.69, 9.17) is 4.74 Å². The van der Waals surface area contributed by atoms with Crippen molar-refractivity contribution in [2.75, 3.05) is 5.32 Å². The molecule has 0 fully saturated rings. The third-order valence-corrected chi connectivity index (χ3v) is 4.22. The minimum Gasteiger partial charge on any atom is -0.449 e. The number of nitro groups is 1. The highest BCUT2D eigenvalue weighted by Crippen LogP contribution is 2.23. The molecule has 0 saturated heterocycles. The highest BCUT2D eigenvalue weighted by Gasteiger charge is 2.22. The van der Waals surface area contributed by atoms with Crippen molar-refractivity contribution >= 4 is 23.3 Å². The molecule has 0 saturated carbocycles. The van der Waals surface area contributed by atoms with Crippen molar-refractivity contribution in [3.8, 4) is 0 Å². The van der Waals surface area contributed by atoms with E-state index in [1.54, 1.807) is 6.92 Å². The molecule has 0 aromatic heterocycles. The van der Waals surface area contributed by atoms with Crippen LogP contribution in [-0.4, -0.2) is 22.9 Å². The predicted octanol–water partition coefficient (Wildman–Crippen LogP) is 4.01. The Hall–Kier alpha value is -3.22. The zero-order valence-electron chi connectivity index (χ0n) is 16.0. The SMILES string of the molecule is Cc1cc(C)c(NC(=O)[C@@H](C)OC(=O)c2ccc(C)c([N+](=O)[O-])c2)c(C)c1. The van der Waals surface area contributed by atoms with Gasteiger partial charge in [0.2, 0.25) is 0 Å². The van der Waals surface area contributed by atoms with E-state index in [9.17, 15) is 19.7 Å². The molecule has 1 atom stereocenters. The first kappa shape index (κ1) is 20.1. The van der Waals surface area contributed by atoms with Gasteiger partial charge in [0, 0.05) is 17.3 Å². The topological polar surface area (TPSA) is 98.5 Å². The molecule has 7 nitrogen and oxygen atoms in total. The summed E-state index contributed by atoms with van der Waals surface area (Å²) in [6.45, 7) is 8.77. The van der Waals surface area contributed by atoms with Gasteiger partial charge in [-0.2, -0.15) is 0 Å². The van der Waals surface area contributed by atoms with E-state index in [0.717, 1.165) is 22.8 Å². The highest BCUT2D eigenvalue weighted by molar-refractivity contribution is 5.98. The van der Waals surface area contributed by atoms with Crippen molar-refractivity contribution in [3.05, 3.63) is 68.3 Å². The summed E-state index contributed by atoms with van der Waals surface area (Å²) in [5.41, 5.74) is 3.87. The van der Waals surface area contributed by atoms with Crippen LogP contribution in [0.15, 0.2) is 30.3 Å². The van der Waals surface area contributed by atoms with Gasteiger partial charge in [-0.3, -0.25) is 14.9 Å². The van der Waals surface area contributed by atoms with Gasteiger partial charge in [-0.05, 0) is 51.8 Å². The molecule has 7 heteroatoms. The van der Waals surface area contributed by atoms with Crippen molar-refractivity contribution in [1.29, 1.82) is 0 Å². The Morgan fingerprint density at radius 1 is 1.04 bits per heavy atom. The summed E-state index contributed by atoms with van der Waals surface area (Å²) in [6.07, 6.45) is -1.06. The van der Waals surface area contributed by atoms with E-state index in [1.807, 2.05) is 32.9 Å². The maximum absolute atomic E-state index is 12.4. The van der Waals surface area contributed by atoms with Gasteiger partial charge in [0.1, 0.15) is 0 Å². The average molecular weight is 370 g/mol. The van der Waals surface area contributed by atoms with Gasteiger partial charge in [0.25, 0.3) is 11.6 Å². The molecular formula is C20H22N2O5. The summed E-state index contributed by atoms with van der Waals surface area (Å²) in [5, 5.41) is 13.8. The molecule has 0 aliphatic heterocycles. The number of amides is 1. The second kappa shape index (κ2) is 7.99. The fourth-order valence-corrected chi connectivity index (χ4v) is 2.82. The fourth-order valence-electron chi connectivity index (χ4n) is 2.82. The molecule has 0 bridgehead atoms. The number of ether oxygens (including phenoxy) is 1. The average Bonchev–Trinajstić information content (AvgIpc) is 2.57. The first-order valence-corrected chi connectivity index (χ1v) is 8.45. The number of hydrogen-bond donors (Lipinski definition) is 1. The molecule has 0 radical (unpaired) electrons. The van der Waals surface area contributed by atoms with Crippen LogP contribution < -0.4 is 5.32 Å². The molecule has 0 heterocycles. The maximum atomic E-state index is 12.4. The molecule has 0 spiro atoms. The van der Waals surface area contributed by atoms with E-state index in [-0.39, 0.29) is 11.3 Å². The number of anilines is 1. The van der Waals surface area contributed by atoms with Crippen LogP contribution in [0, 0.1) is 37.8 Å². The lowest BCUT2D eigenvalue weighted by Gasteiger charge is -2.17. The number of nitrogens with zero attached hydrogens (tertiary/aromatic N) is 1. The van der Waals surface area contributed by atoms with Crippen molar-refractivity contribution in [1.82, 2.24) is 0 Å². The number of carbonyl (C=O) groups is 2. The monoisotopic (exact) mass is 370 g/mol. The molecule has 1 N–H and O–H groups in total. The number of carbonyl (C=O) groups excluding carboxylic acids is 2. The second-order valence-corrected chi connectivity index (χ2v) is 6.57. The Kier molecular flexibility index (Phi) is 5.95. The number of nitro benzene ring substituents is 1. The summed E-state index contributed by atoms with van der Waals surface area (Å²) < 4.78 is 5.17. The van der Waals surface area contributed by atoms with Gasteiger partial charge in [-0.25, -0.2) is 4.79 Å². The van der Waals surface area contributed by atoms with Crippen LogP contribution in [-0.2, 0) is 9.53 Å². The van der Waals surface area contributed by atoms with Crippen LogP contribution in [0.4, 0.5) is 11.4 Å². The first-order chi connectivity index (χ1) is 12.6. The number of aryl methyl sites for hydroxylation is 4. The standard InChI is InChI=1S/C20H22N2O5/c1-11-8-13(3)18(14(4)9-11)21-19(23)15(5)27-20(24)16-7-6-12(2)17(10-16)22(25)26/h6-10,15H,1-5H3,(H,21,23)/t15-/m1/s1. The Bertz CT molecular complexity index is 898. The largest absolute Gasteiger partial charge is 0.449 e. The van der Waals surface area contributed by atoms with Crippen LogP contribution >= 0.6 is 0 Å². The Morgan fingerprint density at radius 2 is 1.63 bits per heavy atom. The molecule has 142 valence electrons. The summed E-state index contributed by atoms with van der Waals surface area (Å²) in [4.78, 5) is 35.1. The van der Waals surface area contributed by atoms with Gasteiger partial charge in [-0.15, -0.1) is 0 Å². The van der Waals surface area contributed by atoms with Gasteiger partial charge in [0.05, 0.1) is 10.5 Å². The zero-order chi connectivity index (χ0) is 20.3. The van der Waals surface area contributed by atoms with E-state index in [1.165, 1.54) is 19.1 Å². The maximum Gasteiger partial charge on any atom is 0.339 e. The van der Waals surface area contributed by atoms with Gasteiger partial charge in [-0.1, -0.05) is 23.8 Å². The van der Waals surface area contributed by atoms with Crippen LogP contribution in [0.1, 0.15) is 39.5 Å². The first-order valence-electron chi connectivity index (χ1n) is 8.45. The highest BCUT2D eigenvalue weighted by atomic mass is 16.6. The summed E-state index contributed by atoms with van der Waals surface area (Å²) >= 11 is 0. The Balaban J connectivity index is 2.12. The van der Waals surface area contributed by atoms with Gasteiger partial charge < -0.3 is 10.1 Å². The van der Waals surface area contributed by atoms with Crippen LogP contribution in [0.25, 0.3) is 0 Å². The molecule has 2 aromatic rings. The Labute approximate surface area is 157 Å².